The van der Waals surface area contributed by atoms with Crippen molar-refractivity contribution in [3.8, 4) is 5.75 Å². The zero-order valence-corrected chi connectivity index (χ0v) is 24.9. The van der Waals surface area contributed by atoms with Crippen LogP contribution in [-0.4, -0.2) is 28.5 Å². The van der Waals surface area contributed by atoms with E-state index in [1.54, 1.807) is 42.5 Å². The van der Waals surface area contributed by atoms with Crippen LogP contribution in [0.1, 0.15) is 54.9 Å². The van der Waals surface area contributed by atoms with E-state index in [4.69, 9.17) is 4.42 Å². The number of anilines is 1. The van der Waals surface area contributed by atoms with Gasteiger partial charge in [0.15, 0.2) is 0 Å². The van der Waals surface area contributed by atoms with Crippen LogP contribution in [0.25, 0.3) is 0 Å². The van der Waals surface area contributed by atoms with Gasteiger partial charge in [-0.15, -0.1) is 0 Å². The van der Waals surface area contributed by atoms with E-state index in [0.29, 0.717) is 12.0 Å². The highest BCUT2D eigenvalue weighted by molar-refractivity contribution is 7.92. The minimum absolute atomic E-state index is 0.0308. The number of aromatic hydroxyl groups is 1. The fraction of sp³-hybridized carbons (Fsp3) is 0.258. The van der Waals surface area contributed by atoms with E-state index >= 15 is 0 Å². The predicted molar refractivity (Wildman–Crippen MR) is 160 cm³/mol. The molecule has 1 heterocycles. The third-order valence-corrected chi connectivity index (χ3v) is 10.3. The number of hydrogen-bond acceptors (Lipinski definition) is 7. The van der Waals surface area contributed by atoms with Crippen LogP contribution in [0.4, 0.5) is 10.1 Å². The van der Waals surface area contributed by atoms with Gasteiger partial charge in [-0.3, -0.25) is 4.72 Å². The van der Waals surface area contributed by atoms with Gasteiger partial charge in [-0.1, -0.05) is 37.3 Å². The molecule has 1 fully saturated rings. The summed E-state index contributed by atoms with van der Waals surface area (Å²) in [5.74, 6) is -1.73. The highest BCUT2D eigenvalue weighted by atomic mass is 32.2. The summed E-state index contributed by atoms with van der Waals surface area (Å²) in [6, 6.07) is 20.3. The standard InChI is InChI=1S/C31H31FN2O7S2/c1-2-20(19-33-42(37,38)25-9-4-3-5-10-25)28-18-27(35)30(31(36)41-28)29(21-11-12-21)22-7-6-8-24(17-22)34-43(39,40)26-15-13-23(32)14-16-26/h3-10,13-18,20-21,29,33-35H,2,11-12,19H2,1H3. The monoisotopic (exact) mass is 626 g/mol. The first-order valence-electron chi connectivity index (χ1n) is 13.8. The molecule has 1 aliphatic rings. The summed E-state index contributed by atoms with van der Waals surface area (Å²) >= 11 is 0. The van der Waals surface area contributed by atoms with Crippen molar-refractivity contribution in [1.82, 2.24) is 4.72 Å². The van der Waals surface area contributed by atoms with Crippen molar-refractivity contribution >= 4 is 25.7 Å². The SMILES string of the molecule is CCC(CNS(=O)(=O)c1ccccc1)c1cc(O)c(C(c2cccc(NS(=O)(=O)c3ccc(F)cc3)c2)C2CC2)c(=O)o1. The van der Waals surface area contributed by atoms with Crippen LogP contribution in [0.3, 0.4) is 0 Å². The lowest BCUT2D eigenvalue weighted by Crippen LogP contribution is -2.29. The fourth-order valence-corrected chi connectivity index (χ4v) is 7.22. The van der Waals surface area contributed by atoms with Gasteiger partial charge in [0.2, 0.25) is 10.0 Å². The lowest BCUT2D eigenvalue weighted by Gasteiger charge is -2.20. The first-order valence-corrected chi connectivity index (χ1v) is 16.7. The summed E-state index contributed by atoms with van der Waals surface area (Å²) < 4.78 is 75.1. The van der Waals surface area contributed by atoms with Crippen LogP contribution in [0.2, 0.25) is 0 Å². The first-order chi connectivity index (χ1) is 20.5. The van der Waals surface area contributed by atoms with E-state index in [9.17, 15) is 31.1 Å². The minimum Gasteiger partial charge on any atom is -0.507 e. The minimum atomic E-state index is -4.01. The van der Waals surface area contributed by atoms with Gasteiger partial charge in [0, 0.05) is 30.1 Å². The van der Waals surface area contributed by atoms with Gasteiger partial charge in [-0.2, -0.15) is 0 Å². The Morgan fingerprint density at radius 3 is 2.21 bits per heavy atom. The van der Waals surface area contributed by atoms with Crippen molar-refractivity contribution in [2.45, 2.75) is 47.8 Å². The van der Waals surface area contributed by atoms with E-state index < -0.39 is 43.3 Å². The molecular weight excluding hydrogens is 595 g/mol. The molecule has 3 N–H and O–H groups in total. The average molecular weight is 627 g/mol. The molecule has 4 aromatic rings. The molecule has 43 heavy (non-hydrogen) atoms. The smallest absolute Gasteiger partial charge is 0.343 e. The Balaban J connectivity index is 1.40. The summed E-state index contributed by atoms with van der Waals surface area (Å²) in [6.45, 7) is 1.77. The molecule has 0 amide bonds. The molecule has 3 aromatic carbocycles. The maximum absolute atomic E-state index is 13.4. The Hall–Kier alpha value is -4.00. The van der Waals surface area contributed by atoms with Crippen molar-refractivity contribution in [3.63, 3.8) is 0 Å². The van der Waals surface area contributed by atoms with E-state index in [2.05, 4.69) is 9.44 Å². The van der Waals surface area contributed by atoms with Gasteiger partial charge < -0.3 is 9.52 Å². The summed E-state index contributed by atoms with van der Waals surface area (Å²) in [5, 5.41) is 11.1. The summed E-state index contributed by atoms with van der Waals surface area (Å²) in [5.41, 5.74) is 0.169. The second kappa shape index (κ2) is 12.3. The molecule has 0 aliphatic heterocycles. The number of hydrogen-bond donors (Lipinski definition) is 3. The molecule has 2 atom stereocenters. The van der Waals surface area contributed by atoms with Crippen LogP contribution in [0.15, 0.2) is 104 Å². The van der Waals surface area contributed by atoms with Crippen molar-refractivity contribution < 1.29 is 30.7 Å². The summed E-state index contributed by atoms with van der Waals surface area (Å²) in [4.78, 5) is 13.4. The Kier molecular flexibility index (Phi) is 8.72. The molecule has 0 radical (unpaired) electrons. The van der Waals surface area contributed by atoms with Crippen LogP contribution < -0.4 is 15.1 Å². The lowest BCUT2D eigenvalue weighted by atomic mass is 9.87. The predicted octanol–water partition coefficient (Wildman–Crippen LogP) is 5.30. The molecular formula is C31H31FN2O7S2. The molecule has 0 saturated heterocycles. The number of halogens is 1. The lowest BCUT2D eigenvalue weighted by molar-refractivity contribution is 0.379. The molecule has 1 aromatic heterocycles. The number of nitrogens with one attached hydrogen (secondary N) is 2. The van der Waals surface area contributed by atoms with Gasteiger partial charge in [0.05, 0.1) is 15.4 Å². The third kappa shape index (κ3) is 6.98. The Bertz CT molecular complexity index is 1870. The maximum atomic E-state index is 13.4. The second-order valence-corrected chi connectivity index (χ2v) is 14.0. The molecule has 5 rings (SSSR count). The molecule has 226 valence electrons. The van der Waals surface area contributed by atoms with Crippen molar-refractivity contribution in [2.75, 3.05) is 11.3 Å². The quantitative estimate of drug-likeness (QED) is 0.194. The molecule has 1 aliphatic carbocycles. The molecule has 0 spiro atoms. The van der Waals surface area contributed by atoms with Gasteiger partial charge in [0.1, 0.15) is 17.3 Å². The van der Waals surface area contributed by atoms with E-state index in [1.807, 2.05) is 6.92 Å². The largest absolute Gasteiger partial charge is 0.507 e. The van der Waals surface area contributed by atoms with Gasteiger partial charge in [-0.05, 0) is 79.3 Å². The van der Waals surface area contributed by atoms with Gasteiger partial charge in [0.25, 0.3) is 10.0 Å². The molecule has 9 nitrogen and oxygen atoms in total. The summed E-state index contributed by atoms with van der Waals surface area (Å²) in [6.07, 6.45) is 2.03. The normalized spacial score (nSPS) is 15.1. The zero-order valence-electron chi connectivity index (χ0n) is 23.2. The van der Waals surface area contributed by atoms with E-state index in [1.165, 1.54) is 18.2 Å². The average Bonchev–Trinajstić information content (AvgIpc) is 3.81. The highest BCUT2D eigenvalue weighted by Gasteiger charge is 2.38. The van der Waals surface area contributed by atoms with Gasteiger partial charge in [-0.25, -0.2) is 30.7 Å². The van der Waals surface area contributed by atoms with E-state index in [0.717, 1.165) is 37.1 Å². The molecule has 0 bridgehead atoms. The van der Waals surface area contributed by atoms with Crippen LogP contribution in [-0.2, 0) is 20.0 Å². The topological polar surface area (TPSA) is 143 Å². The molecule has 12 heteroatoms. The second-order valence-electron chi connectivity index (χ2n) is 10.5. The Morgan fingerprint density at radius 2 is 1.58 bits per heavy atom. The zero-order chi connectivity index (χ0) is 30.8. The third-order valence-electron chi connectivity index (χ3n) is 7.48. The highest BCUT2D eigenvalue weighted by Crippen LogP contribution is 2.48. The van der Waals surface area contributed by atoms with E-state index in [-0.39, 0.29) is 45.0 Å². The first kappa shape index (κ1) is 30.5. The number of benzene rings is 3. The van der Waals surface area contributed by atoms with Crippen LogP contribution >= 0.6 is 0 Å². The number of rotatable bonds is 12. The Labute approximate surface area is 249 Å². The number of sulfonamides is 2. The molecule has 1 saturated carbocycles. The van der Waals surface area contributed by atoms with Crippen molar-refractivity contribution in [3.05, 3.63) is 118 Å². The Morgan fingerprint density at radius 1 is 0.907 bits per heavy atom. The summed E-state index contributed by atoms with van der Waals surface area (Å²) in [7, 11) is -7.79. The van der Waals surface area contributed by atoms with Crippen LogP contribution in [0.5, 0.6) is 5.75 Å². The van der Waals surface area contributed by atoms with Gasteiger partial charge >= 0.3 is 5.63 Å². The van der Waals surface area contributed by atoms with Crippen molar-refractivity contribution in [2.24, 2.45) is 5.92 Å². The van der Waals surface area contributed by atoms with Crippen molar-refractivity contribution in [1.29, 1.82) is 0 Å². The molecule has 2 unspecified atom stereocenters. The fourth-order valence-electron chi connectivity index (χ4n) is 5.06. The van der Waals surface area contributed by atoms with Crippen LogP contribution in [0, 0.1) is 11.7 Å². The maximum Gasteiger partial charge on any atom is 0.343 e.